The number of rotatable bonds is 8. The van der Waals surface area contributed by atoms with E-state index in [1.807, 2.05) is 30.5 Å². The smallest absolute Gasteiger partial charge is 0.326 e. The van der Waals surface area contributed by atoms with Gasteiger partial charge in [0.25, 0.3) is 5.69 Å². The van der Waals surface area contributed by atoms with Crippen molar-refractivity contribution in [3.05, 3.63) is 75.5 Å². The van der Waals surface area contributed by atoms with Crippen molar-refractivity contribution in [2.75, 3.05) is 12.0 Å². The topological polar surface area (TPSA) is 137 Å². The van der Waals surface area contributed by atoms with Gasteiger partial charge in [0.2, 0.25) is 5.91 Å². The molecule has 2 aromatic carbocycles. The van der Waals surface area contributed by atoms with E-state index in [9.17, 15) is 24.8 Å². The molecule has 3 aromatic rings. The summed E-state index contributed by atoms with van der Waals surface area (Å²) in [6.45, 7) is 0. The lowest BCUT2D eigenvalue weighted by atomic mass is 9.90. The first-order chi connectivity index (χ1) is 15.9. The van der Waals surface area contributed by atoms with Crippen LogP contribution in [0.1, 0.15) is 29.3 Å². The zero-order chi connectivity index (χ0) is 23.5. The van der Waals surface area contributed by atoms with Gasteiger partial charge in [-0.25, -0.2) is 4.79 Å². The van der Waals surface area contributed by atoms with Gasteiger partial charge in [0.15, 0.2) is 0 Å². The van der Waals surface area contributed by atoms with Gasteiger partial charge in [0, 0.05) is 28.7 Å². The van der Waals surface area contributed by atoms with E-state index in [1.165, 1.54) is 23.9 Å². The summed E-state index contributed by atoms with van der Waals surface area (Å²) >= 11 is 1.52. The Morgan fingerprint density at radius 2 is 1.97 bits per heavy atom. The highest BCUT2D eigenvalue weighted by Crippen LogP contribution is 2.35. The number of thioether (sulfide) groups is 1. The van der Waals surface area contributed by atoms with Crippen LogP contribution in [0.4, 0.5) is 5.69 Å². The molecule has 0 radical (unpaired) electrons. The number of fused-ring (bicyclic) bond motifs is 3. The van der Waals surface area contributed by atoms with Gasteiger partial charge in [-0.2, -0.15) is 11.8 Å². The Balaban J connectivity index is 1.68. The molecule has 9 nitrogen and oxygen atoms in total. The Morgan fingerprint density at radius 3 is 2.64 bits per heavy atom. The van der Waals surface area contributed by atoms with E-state index >= 15 is 0 Å². The number of hydrogen-bond acceptors (Lipinski definition) is 6. The number of nitrogens with zero attached hydrogens (tertiary/aromatic N) is 1. The first kappa shape index (κ1) is 22.8. The molecule has 0 fully saturated rings. The van der Waals surface area contributed by atoms with Crippen LogP contribution >= 0.6 is 11.8 Å². The Bertz CT molecular complexity index is 1190. The number of aromatic nitrogens is 1. The molecule has 1 aliphatic heterocycles. The second kappa shape index (κ2) is 9.63. The van der Waals surface area contributed by atoms with Crippen molar-refractivity contribution < 1.29 is 19.6 Å². The number of hydrogen-bond donors (Lipinski definition) is 4. The molecule has 0 spiro atoms. The number of aliphatic carboxylic acids is 1. The van der Waals surface area contributed by atoms with Crippen molar-refractivity contribution in [1.82, 2.24) is 15.6 Å². The first-order valence-electron chi connectivity index (χ1n) is 10.5. The largest absolute Gasteiger partial charge is 0.480 e. The van der Waals surface area contributed by atoms with Crippen LogP contribution in [0.5, 0.6) is 0 Å². The van der Waals surface area contributed by atoms with E-state index < -0.39 is 29.0 Å². The number of nitrogens with one attached hydrogen (secondary N) is 3. The average Bonchev–Trinajstić information content (AvgIpc) is 3.19. The highest BCUT2D eigenvalue weighted by molar-refractivity contribution is 7.98. The number of benzene rings is 2. The average molecular weight is 469 g/mol. The van der Waals surface area contributed by atoms with Crippen LogP contribution in [0.15, 0.2) is 48.5 Å². The normalized spacial score (nSPS) is 18.5. The zero-order valence-corrected chi connectivity index (χ0v) is 18.7. The third-order valence-electron chi connectivity index (χ3n) is 5.89. The molecule has 1 aromatic heterocycles. The summed E-state index contributed by atoms with van der Waals surface area (Å²) < 4.78 is 0. The van der Waals surface area contributed by atoms with Gasteiger partial charge in [-0.1, -0.05) is 30.3 Å². The maximum absolute atomic E-state index is 13.1. The molecule has 0 bridgehead atoms. The van der Waals surface area contributed by atoms with Gasteiger partial charge in [0.1, 0.15) is 6.04 Å². The number of carboxylic acid groups (broad SMARTS) is 1. The van der Waals surface area contributed by atoms with Crippen molar-refractivity contribution in [2.45, 2.75) is 31.0 Å². The molecule has 0 aliphatic carbocycles. The van der Waals surface area contributed by atoms with E-state index in [-0.39, 0.29) is 11.6 Å². The molecular weight excluding hydrogens is 444 g/mol. The van der Waals surface area contributed by atoms with E-state index in [0.717, 1.165) is 27.7 Å². The number of nitro groups is 1. The van der Waals surface area contributed by atoms with E-state index in [0.29, 0.717) is 18.6 Å². The van der Waals surface area contributed by atoms with Gasteiger partial charge >= 0.3 is 5.97 Å². The predicted molar refractivity (Wildman–Crippen MR) is 126 cm³/mol. The number of non-ortho nitro benzene ring substituents is 1. The fourth-order valence-electron chi connectivity index (χ4n) is 4.22. The Kier molecular flexibility index (Phi) is 6.66. The second-order valence-electron chi connectivity index (χ2n) is 7.95. The molecule has 172 valence electrons. The minimum Gasteiger partial charge on any atom is -0.480 e. The number of carboxylic acids is 1. The maximum atomic E-state index is 13.1. The summed E-state index contributed by atoms with van der Waals surface area (Å²) in [5.74, 6) is -0.827. The van der Waals surface area contributed by atoms with Crippen molar-refractivity contribution in [1.29, 1.82) is 0 Å². The molecule has 4 rings (SSSR count). The predicted octanol–water partition coefficient (Wildman–Crippen LogP) is 3.00. The van der Waals surface area contributed by atoms with Crippen LogP contribution in [0.3, 0.4) is 0 Å². The van der Waals surface area contributed by atoms with Crippen LogP contribution in [-0.4, -0.2) is 51.0 Å². The van der Waals surface area contributed by atoms with Crippen LogP contribution in [0.2, 0.25) is 0 Å². The van der Waals surface area contributed by atoms with Gasteiger partial charge in [-0.05, 0) is 42.0 Å². The Hall–Kier alpha value is -3.37. The molecule has 4 N–H and O–H groups in total. The third kappa shape index (κ3) is 4.71. The van der Waals surface area contributed by atoms with Gasteiger partial charge in [-0.3, -0.25) is 20.2 Å². The third-order valence-corrected chi connectivity index (χ3v) is 6.53. The molecule has 0 unspecified atom stereocenters. The van der Waals surface area contributed by atoms with E-state index in [4.69, 9.17) is 0 Å². The van der Waals surface area contributed by atoms with Crippen LogP contribution < -0.4 is 10.6 Å². The SMILES string of the molecule is CSCC[C@H](NC(=O)[C@@H]1Cc2c([nH]c3ccccc23)[C@H](c2ccc([N+](=O)[O-])cc2)N1)C(=O)O. The lowest BCUT2D eigenvalue weighted by Crippen LogP contribution is -2.53. The fourth-order valence-corrected chi connectivity index (χ4v) is 4.69. The van der Waals surface area contributed by atoms with Gasteiger partial charge in [0.05, 0.1) is 17.0 Å². The van der Waals surface area contributed by atoms with Crippen LogP contribution in [0, 0.1) is 10.1 Å². The number of para-hydroxylation sites is 1. The number of carbonyl (C=O) groups excluding carboxylic acids is 1. The van der Waals surface area contributed by atoms with Gasteiger partial charge in [-0.15, -0.1) is 0 Å². The number of aromatic amines is 1. The summed E-state index contributed by atoms with van der Waals surface area (Å²) in [6, 6.07) is 12.0. The highest BCUT2D eigenvalue weighted by Gasteiger charge is 2.35. The number of carbonyl (C=O) groups is 2. The van der Waals surface area contributed by atoms with Crippen molar-refractivity contribution in [2.24, 2.45) is 0 Å². The molecule has 0 saturated heterocycles. The molecule has 1 aliphatic rings. The Labute approximate surface area is 194 Å². The van der Waals surface area contributed by atoms with Crippen LogP contribution in [-0.2, 0) is 16.0 Å². The summed E-state index contributed by atoms with van der Waals surface area (Å²) in [6.07, 6.45) is 2.61. The molecular formula is C23H24N4O5S. The summed E-state index contributed by atoms with van der Waals surface area (Å²) in [7, 11) is 0. The maximum Gasteiger partial charge on any atom is 0.326 e. The monoisotopic (exact) mass is 468 g/mol. The quantitative estimate of drug-likeness (QED) is 0.295. The van der Waals surface area contributed by atoms with Crippen molar-refractivity contribution >= 4 is 40.2 Å². The molecule has 3 atom stereocenters. The first-order valence-corrected chi connectivity index (χ1v) is 11.9. The lowest BCUT2D eigenvalue weighted by molar-refractivity contribution is -0.384. The molecule has 10 heteroatoms. The molecule has 33 heavy (non-hydrogen) atoms. The standard InChI is InChI=1S/C23H24N4O5S/c1-33-11-10-18(23(29)30)26-22(28)19-12-16-15-4-2-3-5-17(15)24-21(16)20(25-19)13-6-8-14(9-7-13)27(31)32/h2-9,18-20,24-25H,10-12H2,1H3,(H,26,28)(H,29,30)/t18-,19-,20-/m0/s1. The summed E-state index contributed by atoms with van der Waals surface area (Å²) in [5.41, 5.74) is 3.55. The lowest BCUT2D eigenvalue weighted by Gasteiger charge is -2.31. The molecule has 2 heterocycles. The number of amides is 1. The number of nitro benzene ring substituents is 1. The van der Waals surface area contributed by atoms with Crippen molar-refractivity contribution in [3.63, 3.8) is 0 Å². The molecule has 0 saturated carbocycles. The van der Waals surface area contributed by atoms with E-state index in [1.54, 1.807) is 12.1 Å². The minimum absolute atomic E-state index is 0.0150. The van der Waals surface area contributed by atoms with Gasteiger partial charge < -0.3 is 15.4 Å². The highest BCUT2D eigenvalue weighted by atomic mass is 32.2. The molecule has 1 amide bonds. The van der Waals surface area contributed by atoms with E-state index in [2.05, 4.69) is 15.6 Å². The van der Waals surface area contributed by atoms with Crippen molar-refractivity contribution in [3.8, 4) is 0 Å². The summed E-state index contributed by atoms with van der Waals surface area (Å²) in [5, 5.41) is 27.6. The zero-order valence-electron chi connectivity index (χ0n) is 17.9. The van der Waals surface area contributed by atoms with Crippen LogP contribution in [0.25, 0.3) is 10.9 Å². The second-order valence-corrected chi connectivity index (χ2v) is 8.93. The number of H-pyrrole nitrogens is 1. The summed E-state index contributed by atoms with van der Waals surface area (Å²) in [4.78, 5) is 38.8. The minimum atomic E-state index is -1.06. The fraction of sp³-hybridized carbons (Fsp3) is 0.304. The Morgan fingerprint density at radius 1 is 1.24 bits per heavy atom.